The van der Waals surface area contributed by atoms with Gasteiger partial charge in [-0.3, -0.25) is 9.59 Å². The minimum atomic E-state index is -0.661. The van der Waals surface area contributed by atoms with Crippen LogP contribution in [0, 0.1) is 0 Å². The average molecular weight is 1150 g/mol. The van der Waals surface area contributed by atoms with E-state index in [1.54, 1.807) is 0 Å². The maximum Gasteiger partial charge on any atom is 0.305 e. The lowest BCUT2D eigenvalue weighted by atomic mass is 10.0. The fourth-order valence-corrected chi connectivity index (χ4v) is 12.4. The summed E-state index contributed by atoms with van der Waals surface area (Å²) in [5.74, 6) is -0.000738. The van der Waals surface area contributed by atoms with Crippen LogP contribution in [0.15, 0.2) is 0 Å². The molecule has 2 unspecified atom stereocenters. The van der Waals surface area contributed by atoms with Gasteiger partial charge in [-0.1, -0.05) is 406 Å². The van der Waals surface area contributed by atoms with Crippen molar-refractivity contribution in [3.05, 3.63) is 0 Å². The van der Waals surface area contributed by atoms with Gasteiger partial charge >= 0.3 is 5.97 Å². The smallest absolute Gasteiger partial charge is 0.305 e. The molecule has 0 aliphatic carbocycles. The van der Waals surface area contributed by atoms with Gasteiger partial charge in [-0.05, 0) is 25.7 Å². The Morgan fingerprint density at radius 2 is 0.506 bits per heavy atom. The van der Waals surface area contributed by atoms with Crippen molar-refractivity contribution in [3.8, 4) is 0 Å². The summed E-state index contributed by atoms with van der Waals surface area (Å²) >= 11 is 0. The Kier molecular flexibility index (Phi) is 70.3. The second-order valence-corrected chi connectivity index (χ2v) is 26.4. The van der Waals surface area contributed by atoms with Gasteiger partial charge in [0.05, 0.1) is 25.4 Å². The van der Waals surface area contributed by atoms with Gasteiger partial charge in [0, 0.05) is 12.8 Å². The van der Waals surface area contributed by atoms with Gasteiger partial charge in [0.2, 0.25) is 5.91 Å². The zero-order valence-corrected chi connectivity index (χ0v) is 55.6. The number of carbonyl (C=O) groups is 2. The van der Waals surface area contributed by atoms with Crippen molar-refractivity contribution in [2.75, 3.05) is 13.2 Å². The van der Waals surface area contributed by atoms with Crippen molar-refractivity contribution >= 4 is 11.9 Å². The maximum atomic E-state index is 12.5. The lowest BCUT2D eigenvalue weighted by Crippen LogP contribution is -2.45. The molecule has 0 saturated heterocycles. The Morgan fingerprint density at radius 3 is 0.753 bits per heavy atom. The largest absolute Gasteiger partial charge is 0.466 e. The number of nitrogens with one attached hydrogen (secondary N) is 1. The molecular weight excluding hydrogens is 995 g/mol. The predicted octanol–water partition coefficient (Wildman–Crippen LogP) is 24.5. The molecule has 0 aliphatic heterocycles. The summed E-state index contributed by atoms with van der Waals surface area (Å²) in [6, 6.07) is -0.538. The third kappa shape index (κ3) is 67.9. The van der Waals surface area contributed by atoms with E-state index >= 15 is 0 Å². The second kappa shape index (κ2) is 71.3. The van der Waals surface area contributed by atoms with Crippen LogP contribution < -0.4 is 5.32 Å². The monoisotopic (exact) mass is 1140 g/mol. The van der Waals surface area contributed by atoms with Gasteiger partial charge in [-0.2, -0.15) is 0 Å². The SMILES string of the molecule is CCCCCCCCCCCCCCCCCCCC(=O)OCCCCCCCCCCCCCCCCCCCCCCCCCCCCCCCCC(=O)NC(CO)C(O)CCCCCCCCCCCCCCCCCCC. The van der Waals surface area contributed by atoms with Crippen molar-refractivity contribution in [1.82, 2.24) is 5.32 Å². The molecule has 0 saturated carbocycles. The first kappa shape index (κ1) is 79.9. The molecule has 484 valence electrons. The summed E-state index contributed by atoms with van der Waals surface area (Å²) in [5, 5.41) is 23.4. The second-order valence-electron chi connectivity index (χ2n) is 26.4. The molecule has 6 heteroatoms. The molecule has 81 heavy (non-hydrogen) atoms. The highest BCUT2D eigenvalue weighted by molar-refractivity contribution is 5.76. The zero-order valence-electron chi connectivity index (χ0n) is 55.6. The van der Waals surface area contributed by atoms with E-state index in [0.29, 0.717) is 25.9 Å². The van der Waals surface area contributed by atoms with E-state index in [4.69, 9.17) is 4.74 Å². The van der Waals surface area contributed by atoms with Gasteiger partial charge in [-0.25, -0.2) is 0 Å². The predicted molar refractivity (Wildman–Crippen MR) is 357 cm³/mol. The van der Waals surface area contributed by atoms with Crippen LogP contribution >= 0.6 is 0 Å². The van der Waals surface area contributed by atoms with Crippen molar-refractivity contribution in [3.63, 3.8) is 0 Å². The highest BCUT2D eigenvalue weighted by Crippen LogP contribution is 2.20. The number of amides is 1. The molecule has 0 aromatic rings. The summed E-state index contributed by atoms with van der Waals surface area (Å²) in [6.07, 6.45) is 87.5. The molecular formula is C75H149NO5. The van der Waals surface area contributed by atoms with Crippen LogP contribution in [0.5, 0.6) is 0 Å². The van der Waals surface area contributed by atoms with Crippen LogP contribution in [0.1, 0.15) is 444 Å². The van der Waals surface area contributed by atoms with Gasteiger partial charge < -0.3 is 20.3 Å². The Balaban J connectivity index is 3.31. The summed E-state index contributed by atoms with van der Waals surface area (Å²) in [6.45, 7) is 5.01. The molecule has 0 heterocycles. The molecule has 0 fully saturated rings. The number of aliphatic hydroxyl groups excluding tert-OH is 2. The number of rotatable bonds is 72. The molecule has 0 aliphatic rings. The van der Waals surface area contributed by atoms with E-state index in [2.05, 4.69) is 19.2 Å². The Hall–Kier alpha value is -1.14. The summed E-state index contributed by atoms with van der Waals surface area (Å²) < 4.78 is 5.51. The molecule has 0 aromatic carbocycles. The third-order valence-corrected chi connectivity index (χ3v) is 18.2. The normalized spacial score (nSPS) is 12.4. The quantitative estimate of drug-likeness (QED) is 0.0417. The first-order valence-corrected chi connectivity index (χ1v) is 37.8. The molecule has 2 atom stereocenters. The molecule has 6 nitrogen and oxygen atoms in total. The number of hydrogen-bond donors (Lipinski definition) is 3. The van der Waals surface area contributed by atoms with E-state index in [-0.39, 0.29) is 18.5 Å². The lowest BCUT2D eigenvalue weighted by molar-refractivity contribution is -0.143. The molecule has 0 radical (unpaired) electrons. The number of carbonyl (C=O) groups excluding carboxylic acids is 2. The van der Waals surface area contributed by atoms with E-state index in [1.165, 1.54) is 372 Å². The van der Waals surface area contributed by atoms with E-state index in [0.717, 1.165) is 38.5 Å². The topological polar surface area (TPSA) is 95.9 Å². The molecule has 0 bridgehead atoms. The number of unbranched alkanes of at least 4 members (excludes halogenated alkanes) is 61. The first-order valence-electron chi connectivity index (χ1n) is 37.8. The summed E-state index contributed by atoms with van der Waals surface area (Å²) in [5.41, 5.74) is 0. The highest BCUT2D eigenvalue weighted by atomic mass is 16.5. The third-order valence-electron chi connectivity index (χ3n) is 18.2. The van der Waals surface area contributed by atoms with Crippen LogP contribution in [0.2, 0.25) is 0 Å². The van der Waals surface area contributed by atoms with Gasteiger partial charge in [0.1, 0.15) is 0 Å². The van der Waals surface area contributed by atoms with Crippen LogP contribution in [-0.2, 0) is 14.3 Å². The van der Waals surface area contributed by atoms with Crippen molar-refractivity contribution in [1.29, 1.82) is 0 Å². The minimum Gasteiger partial charge on any atom is -0.466 e. The molecule has 1 amide bonds. The van der Waals surface area contributed by atoms with Crippen molar-refractivity contribution in [2.24, 2.45) is 0 Å². The lowest BCUT2D eigenvalue weighted by Gasteiger charge is -2.22. The Morgan fingerprint density at radius 1 is 0.296 bits per heavy atom. The highest BCUT2D eigenvalue weighted by Gasteiger charge is 2.20. The minimum absolute atomic E-state index is 0.0255. The van der Waals surface area contributed by atoms with Crippen LogP contribution in [-0.4, -0.2) is 47.4 Å². The molecule has 0 aromatic heterocycles. The van der Waals surface area contributed by atoms with Crippen LogP contribution in [0.3, 0.4) is 0 Å². The summed E-state index contributed by atoms with van der Waals surface area (Å²) in [7, 11) is 0. The van der Waals surface area contributed by atoms with Crippen LogP contribution in [0.25, 0.3) is 0 Å². The first-order chi connectivity index (χ1) is 40.0. The number of hydrogen-bond acceptors (Lipinski definition) is 5. The Labute approximate surface area is 508 Å². The average Bonchev–Trinajstić information content (AvgIpc) is 3.47. The van der Waals surface area contributed by atoms with Crippen molar-refractivity contribution in [2.45, 2.75) is 456 Å². The number of aliphatic hydroxyl groups is 2. The summed E-state index contributed by atoms with van der Waals surface area (Å²) in [4.78, 5) is 24.6. The van der Waals surface area contributed by atoms with Crippen molar-refractivity contribution < 1.29 is 24.5 Å². The standard InChI is InChI=1S/C75H149NO5/c1-3-5-7-9-11-13-15-17-19-35-39-43-47-51-55-59-63-67-73(78)72(71-77)76-74(79)68-64-60-56-52-48-44-40-37-33-31-29-27-25-23-21-22-24-26-28-30-32-34-38-42-46-50-54-58-62-66-70-81-75(80)69-65-61-57-53-49-45-41-36-20-18-16-14-12-10-8-6-4-2/h72-73,77-78H,3-71H2,1-2H3,(H,76,79). The van der Waals surface area contributed by atoms with Crippen LogP contribution in [0.4, 0.5) is 0 Å². The molecule has 0 rings (SSSR count). The van der Waals surface area contributed by atoms with E-state index in [1.807, 2.05) is 0 Å². The molecule has 3 N–H and O–H groups in total. The molecule has 0 spiro atoms. The van der Waals surface area contributed by atoms with Gasteiger partial charge in [0.15, 0.2) is 0 Å². The maximum absolute atomic E-state index is 12.5. The van der Waals surface area contributed by atoms with Gasteiger partial charge in [0.25, 0.3) is 0 Å². The zero-order chi connectivity index (χ0) is 58.5. The van der Waals surface area contributed by atoms with E-state index < -0.39 is 12.1 Å². The van der Waals surface area contributed by atoms with Gasteiger partial charge in [-0.15, -0.1) is 0 Å². The Bertz CT molecular complexity index is 1180. The number of esters is 1. The fourth-order valence-electron chi connectivity index (χ4n) is 12.4. The fraction of sp³-hybridized carbons (Fsp3) is 0.973. The number of ether oxygens (including phenoxy) is 1. The van der Waals surface area contributed by atoms with E-state index in [9.17, 15) is 19.8 Å².